The van der Waals surface area contributed by atoms with Crippen LogP contribution in [-0.2, 0) is 23.7 Å². The average molecular weight is 699 g/mol. The molecule has 1 unspecified atom stereocenters. The number of nitrogens with zero attached hydrogens (tertiary/aromatic N) is 5. The zero-order valence-corrected chi connectivity index (χ0v) is 30.8. The first-order valence-corrected chi connectivity index (χ1v) is 19.4. The summed E-state index contributed by atoms with van der Waals surface area (Å²) in [6, 6.07) is -1.57. The molecule has 48 heavy (non-hydrogen) atoms. The van der Waals surface area contributed by atoms with Crippen LogP contribution in [0.25, 0.3) is 0 Å². The third-order valence-corrected chi connectivity index (χ3v) is 10.3. The Labute approximate surface area is 286 Å². The van der Waals surface area contributed by atoms with E-state index in [4.69, 9.17) is 17.7 Å². The number of carbonyl (C=O) groups excluding carboxylic acids is 2. The Bertz CT molecular complexity index is 1300. The summed E-state index contributed by atoms with van der Waals surface area (Å²) in [6.45, 7) is 14.6. The van der Waals surface area contributed by atoms with Crippen LogP contribution in [0, 0.1) is 0 Å². The zero-order chi connectivity index (χ0) is 35.1. The number of alkyl carbamates (subject to hydrolysis) is 1. The van der Waals surface area contributed by atoms with Crippen LogP contribution in [0.4, 0.5) is 9.59 Å². The first-order chi connectivity index (χ1) is 22.7. The van der Waals surface area contributed by atoms with Crippen molar-refractivity contribution in [2.45, 2.75) is 174 Å². The topological polar surface area (TPSA) is 157 Å². The molecule has 3 heterocycles. The summed E-state index contributed by atoms with van der Waals surface area (Å²) >= 11 is 0. The molecule has 1 N–H and O–H groups in total. The summed E-state index contributed by atoms with van der Waals surface area (Å²) in [6.07, 6.45) is 10.8. The van der Waals surface area contributed by atoms with Gasteiger partial charge in [0.2, 0.25) is 11.8 Å². The summed E-state index contributed by atoms with van der Waals surface area (Å²) in [4.78, 5) is 27.2. The average Bonchev–Trinajstić information content (AvgIpc) is 3.57. The number of amides is 3. The Morgan fingerprint density at radius 1 is 0.958 bits per heavy atom. The van der Waals surface area contributed by atoms with Crippen molar-refractivity contribution in [1.82, 2.24) is 30.5 Å². The summed E-state index contributed by atoms with van der Waals surface area (Å²) in [5.41, 5.74) is -1.01. The largest absolute Gasteiger partial charge is 0.444 e. The van der Waals surface area contributed by atoms with Gasteiger partial charge in [-0.2, -0.15) is 22.8 Å². The van der Waals surface area contributed by atoms with E-state index in [1.165, 1.54) is 4.90 Å². The third-order valence-electron chi connectivity index (χ3n) is 9.58. The number of unbranched alkanes of at least 4 members (excludes halogenated alkanes) is 3. The fourth-order valence-corrected chi connectivity index (χ4v) is 7.91. The number of hydroxylamine groups is 4. The second-order valence-electron chi connectivity index (χ2n) is 14.7. The normalized spacial score (nSPS) is 23.1. The van der Waals surface area contributed by atoms with Crippen molar-refractivity contribution in [3.63, 3.8) is 0 Å². The van der Waals surface area contributed by atoms with Gasteiger partial charge < -0.3 is 19.4 Å². The van der Waals surface area contributed by atoms with Gasteiger partial charge >= 0.3 is 22.5 Å². The Balaban J connectivity index is 1.40. The molecule has 3 aliphatic rings. The standard InChI is InChI=1S/C33H58N6O8S/c1-8-12-18-33(17-11-4,19-13-9-2)38(20-14-10-3)46-48(42,43)47-39-26-15-16-27(37(23-26)31(39)41)29-36-35-28(44-29)24-21-25(22-24)34-30(40)45-32(5,6)7/h24-27H,8-23H2,1-7H3,(H,34,40)/t24?,25?,26?,27-/m0/s1. The molecule has 274 valence electrons. The molecule has 2 atom stereocenters. The molecule has 2 bridgehead atoms. The van der Waals surface area contributed by atoms with Gasteiger partial charge in [0.25, 0.3) is 0 Å². The van der Waals surface area contributed by atoms with E-state index in [0.29, 0.717) is 44.0 Å². The highest BCUT2D eigenvalue weighted by Gasteiger charge is 2.50. The smallest absolute Gasteiger partial charge is 0.437 e. The summed E-state index contributed by atoms with van der Waals surface area (Å²) in [7, 11) is -4.61. The van der Waals surface area contributed by atoms with Gasteiger partial charge in [0.1, 0.15) is 11.6 Å². The molecule has 3 fully saturated rings. The Hall–Kier alpha value is -2.49. The number of nitrogens with one attached hydrogen (secondary N) is 1. The van der Waals surface area contributed by atoms with Crippen LogP contribution in [0.2, 0.25) is 0 Å². The minimum atomic E-state index is -4.61. The quantitative estimate of drug-likeness (QED) is 0.150. The van der Waals surface area contributed by atoms with Crippen molar-refractivity contribution < 1.29 is 35.7 Å². The molecule has 1 aromatic heterocycles. The third kappa shape index (κ3) is 9.60. The molecule has 0 radical (unpaired) electrons. The van der Waals surface area contributed by atoms with Gasteiger partial charge in [-0.05, 0) is 72.1 Å². The number of hydrogen-bond acceptors (Lipinski definition) is 11. The predicted octanol–water partition coefficient (Wildman–Crippen LogP) is 6.91. The lowest BCUT2D eigenvalue weighted by molar-refractivity contribution is -0.172. The van der Waals surface area contributed by atoms with E-state index < -0.39 is 45.7 Å². The van der Waals surface area contributed by atoms with Crippen molar-refractivity contribution in [3.8, 4) is 0 Å². The van der Waals surface area contributed by atoms with E-state index >= 15 is 0 Å². The van der Waals surface area contributed by atoms with Crippen LogP contribution in [0.15, 0.2) is 4.42 Å². The molecule has 14 nitrogen and oxygen atoms in total. The molecule has 1 aliphatic carbocycles. The fourth-order valence-electron chi connectivity index (χ4n) is 7.05. The number of ether oxygens (including phenoxy) is 1. The molecule has 0 aromatic carbocycles. The number of aromatic nitrogens is 2. The van der Waals surface area contributed by atoms with Crippen LogP contribution in [0.1, 0.15) is 162 Å². The molecule has 2 saturated heterocycles. The Kier molecular flexibility index (Phi) is 13.2. The van der Waals surface area contributed by atoms with Crippen molar-refractivity contribution in [3.05, 3.63) is 11.8 Å². The Morgan fingerprint density at radius 2 is 1.60 bits per heavy atom. The van der Waals surface area contributed by atoms with E-state index in [-0.39, 0.29) is 18.5 Å². The van der Waals surface area contributed by atoms with Gasteiger partial charge in [0.05, 0.1) is 6.04 Å². The van der Waals surface area contributed by atoms with Crippen LogP contribution in [0.5, 0.6) is 0 Å². The van der Waals surface area contributed by atoms with E-state index in [2.05, 4.69) is 43.2 Å². The SMILES string of the molecule is CCCCN(OS(=O)(=O)ON1C(=O)N2CC1CC[C@H]2c1nnc(C2CC(NC(=O)OC(C)(C)C)C2)o1)C(CCC)(CCCC)CCCC. The van der Waals surface area contributed by atoms with E-state index in [1.54, 1.807) is 5.06 Å². The molecule has 4 rings (SSSR count). The molecule has 0 spiro atoms. The van der Waals surface area contributed by atoms with Gasteiger partial charge in [-0.3, -0.25) is 0 Å². The molecule has 3 amide bonds. The van der Waals surface area contributed by atoms with Crippen LogP contribution in [-0.4, -0.2) is 82.1 Å². The molecule has 1 aromatic rings. The molecule has 2 aliphatic heterocycles. The number of urea groups is 1. The minimum Gasteiger partial charge on any atom is -0.444 e. The van der Waals surface area contributed by atoms with Crippen molar-refractivity contribution in [1.29, 1.82) is 0 Å². The summed E-state index contributed by atoms with van der Waals surface area (Å²) in [5.74, 6) is 0.756. The summed E-state index contributed by atoms with van der Waals surface area (Å²) < 4.78 is 49.8. The monoisotopic (exact) mass is 698 g/mol. The number of piperidine rings is 1. The second-order valence-corrected chi connectivity index (χ2v) is 15.8. The maximum atomic E-state index is 13.6. The lowest BCUT2D eigenvalue weighted by Gasteiger charge is -2.43. The van der Waals surface area contributed by atoms with Crippen LogP contribution < -0.4 is 5.32 Å². The highest BCUT2D eigenvalue weighted by Crippen LogP contribution is 2.42. The predicted molar refractivity (Wildman–Crippen MR) is 179 cm³/mol. The van der Waals surface area contributed by atoms with Gasteiger partial charge in [0, 0.05) is 30.6 Å². The van der Waals surface area contributed by atoms with Crippen LogP contribution in [0.3, 0.4) is 0 Å². The van der Waals surface area contributed by atoms with E-state index in [9.17, 15) is 18.0 Å². The number of fused-ring (bicyclic) bond motifs is 2. The van der Waals surface area contributed by atoms with Crippen LogP contribution >= 0.6 is 0 Å². The summed E-state index contributed by atoms with van der Waals surface area (Å²) in [5, 5.41) is 14.0. The number of rotatable bonds is 19. The van der Waals surface area contributed by atoms with Crippen molar-refractivity contribution >= 4 is 22.5 Å². The van der Waals surface area contributed by atoms with Crippen molar-refractivity contribution in [2.75, 3.05) is 13.1 Å². The second kappa shape index (κ2) is 16.5. The number of carbonyl (C=O) groups is 2. The van der Waals surface area contributed by atoms with Gasteiger partial charge in [-0.1, -0.05) is 66.2 Å². The lowest BCUT2D eigenvalue weighted by atomic mass is 9.80. The number of hydrogen-bond donors (Lipinski definition) is 1. The minimum absolute atomic E-state index is 0.0101. The molecular formula is C33H58N6O8S. The fraction of sp³-hybridized carbons (Fsp3) is 0.879. The highest BCUT2D eigenvalue weighted by molar-refractivity contribution is 7.81. The highest BCUT2D eigenvalue weighted by atomic mass is 32.3. The van der Waals surface area contributed by atoms with Crippen molar-refractivity contribution in [2.24, 2.45) is 0 Å². The van der Waals surface area contributed by atoms with Gasteiger partial charge in [-0.25, -0.2) is 9.59 Å². The maximum Gasteiger partial charge on any atom is 0.437 e. The van der Waals surface area contributed by atoms with Gasteiger partial charge in [-0.15, -0.1) is 14.5 Å². The van der Waals surface area contributed by atoms with E-state index in [1.807, 2.05) is 20.8 Å². The molecule has 1 saturated carbocycles. The Morgan fingerprint density at radius 3 is 2.21 bits per heavy atom. The van der Waals surface area contributed by atoms with E-state index in [0.717, 1.165) is 69.3 Å². The molecule has 15 heteroatoms. The lowest BCUT2D eigenvalue weighted by Crippen LogP contribution is -2.51. The first kappa shape index (κ1) is 38.3. The van der Waals surface area contributed by atoms with Gasteiger partial charge in [0.15, 0.2) is 0 Å². The molecular weight excluding hydrogens is 640 g/mol. The zero-order valence-electron chi connectivity index (χ0n) is 30.0. The first-order valence-electron chi connectivity index (χ1n) is 18.1. The maximum absolute atomic E-state index is 13.6.